The van der Waals surface area contributed by atoms with Gasteiger partial charge in [-0.25, -0.2) is 0 Å². The number of ether oxygens (including phenoxy) is 1. The number of hydrogen-bond acceptors (Lipinski definition) is 4. The lowest BCUT2D eigenvalue weighted by molar-refractivity contribution is -0.144. The number of carbonyl (C=O) groups is 1. The predicted octanol–water partition coefficient (Wildman–Crippen LogP) is 3.21. The van der Waals surface area contributed by atoms with Gasteiger partial charge >= 0.3 is 5.97 Å². The number of thioether (sulfide) groups is 1. The summed E-state index contributed by atoms with van der Waals surface area (Å²) in [6.45, 7) is 2.17. The summed E-state index contributed by atoms with van der Waals surface area (Å²) in [5.74, 6) is 0.491. The molecule has 0 spiro atoms. The minimum Gasteiger partial charge on any atom is -0.465 e. The van der Waals surface area contributed by atoms with Crippen LogP contribution in [-0.2, 0) is 9.53 Å². The fourth-order valence-corrected chi connectivity index (χ4v) is 2.91. The number of esters is 1. The van der Waals surface area contributed by atoms with Gasteiger partial charge in [-0.15, -0.1) is 11.8 Å². The molecular formula is C16H19NO2S. The highest BCUT2D eigenvalue weighted by molar-refractivity contribution is 7.99. The Bertz CT molecular complexity index is 585. The van der Waals surface area contributed by atoms with Gasteiger partial charge in [0.05, 0.1) is 6.61 Å². The van der Waals surface area contributed by atoms with E-state index in [-0.39, 0.29) is 5.97 Å². The van der Waals surface area contributed by atoms with Crippen LogP contribution in [0.15, 0.2) is 47.4 Å². The maximum absolute atomic E-state index is 11.4. The molecule has 3 nitrogen and oxygen atoms in total. The lowest BCUT2D eigenvalue weighted by atomic mass is 10.1. The third-order valence-electron chi connectivity index (χ3n) is 3.01. The van der Waals surface area contributed by atoms with Gasteiger partial charge in [0.15, 0.2) is 0 Å². The van der Waals surface area contributed by atoms with Crippen molar-refractivity contribution in [1.29, 1.82) is 0 Å². The Labute approximate surface area is 123 Å². The second-order valence-corrected chi connectivity index (χ2v) is 5.67. The smallest absolute Gasteiger partial charge is 0.322 e. The summed E-state index contributed by atoms with van der Waals surface area (Å²) < 4.78 is 4.89. The van der Waals surface area contributed by atoms with Crippen LogP contribution in [0.25, 0.3) is 10.8 Å². The molecule has 2 rings (SSSR count). The molecule has 0 aromatic heterocycles. The van der Waals surface area contributed by atoms with Crippen LogP contribution in [-0.4, -0.2) is 24.4 Å². The number of hydrogen-bond donors (Lipinski definition) is 1. The van der Waals surface area contributed by atoms with E-state index in [1.165, 1.54) is 15.7 Å². The van der Waals surface area contributed by atoms with Crippen LogP contribution in [0, 0.1) is 0 Å². The fourth-order valence-electron chi connectivity index (χ4n) is 1.93. The molecule has 0 saturated carbocycles. The second kappa shape index (κ2) is 7.31. The highest BCUT2D eigenvalue weighted by Gasteiger charge is 2.13. The third-order valence-corrected chi connectivity index (χ3v) is 4.03. The fraction of sp³-hybridized carbons (Fsp3) is 0.312. The summed E-state index contributed by atoms with van der Waals surface area (Å²) in [5.41, 5.74) is 5.77. The van der Waals surface area contributed by atoms with Crippen molar-refractivity contribution in [1.82, 2.24) is 0 Å². The molecule has 2 aromatic carbocycles. The third kappa shape index (κ3) is 3.99. The van der Waals surface area contributed by atoms with E-state index in [9.17, 15) is 4.79 Å². The standard InChI is InChI=1S/C16H19NO2S/c1-2-19-16(18)15(17)9-10-20-14-8-7-12-5-3-4-6-13(12)11-14/h3-8,11,15H,2,9-10,17H2,1H3. The molecule has 106 valence electrons. The number of benzene rings is 2. The molecule has 20 heavy (non-hydrogen) atoms. The summed E-state index contributed by atoms with van der Waals surface area (Å²) in [5, 5.41) is 2.47. The first-order valence-electron chi connectivity index (χ1n) is 6.74. The summed E-state index contributed by atoms with van der Waals surface area (Å²) in [6, 6.07) is 14.1. The normalized spacial score (nSPS) is 12.3. The topological polar surface area (TPSA) is 52.3 Å². The molecule has 1 atom stereocenters. The molecular weight excluding hydrogens is 270 g/mol. The maximum Gasteiger partial charge on any atom is 0.322 e. The van der Waals surface area contributed by atoms with Gasteiger partial charge in [-0.2, -0.15) is 0 Å². The van der Waals surface area contributed by atoms with Crippen molar-refractivity contribution < 1.29 is 9.53 Å². The first-order valence-corrected chi connectivity index (χ1v) is 7.73. The zero-order valence-electron chi connectivity index (χ0n) is 11.5. The van der Waals surface area contributed by atoms with Crippen LogP contribution in [0.2, 0.25) is 0 Å². The molecule has 0 radical (unpaired) electrons. The molecule has 0 aliphatic carbocycles. The molecule has 0 aliphatic heterocycles. The SMILES string of the molecule is CCOC(=O)C(N)CCSc1ccc2ccccc2c1. The van der Waals surface area contributed by atoms with Crippen LogP contribution in [0.4, 0.5) is 0 Å². The molecule has 1 unspecified atom stereocenters. The van der Waals surface area contributed by atoms with Gasteiger partial charge in [-0.3, -0.25) is 4.79 Å². The number of fused-ring (bicyclic) bond motifs is 1. The van der Waals surface area contributed by atoms with E-state index < -0.39 is 6.04 Å². The Balaban J connectivity index is 1.88. The van der Waals surface area contributed by atoms with Gasteiger partial charge in [0.25, 0.3) is 0 Å². The van der Waals surface area contributed by atoms with Gasteiger partial charge in [0, 0.05) is 10.6 Å². The first kappa shape index (κ1) is 14.9. The number of rotatable bonds is 6. The van der Waals surface area contributed by atoms with Crippen molar-refractivity contribution in [3.63, 3.8) is 0 Å². The highest BCUT2D eigenvalue weighted by Crippen LogP contribution is 2.24. The van der Waals surface area contributed by atoms with Crippen molar-refractivity contribution >= 4 is 28.5 Å². The van der Waals surface area contributed by atoms with E-state index in [1.807, 2.05) is 12.1 Å². The Morgan fingerprint density at radius 1 is 1.25 bits per heavy atom. The average Bonchev–Trinajstić information content (AvgIpc) is 2.47. The monoisotopic (exact) mass is 289 g/mol. The lowest BCUT2D eigenvalue weighted by Gasteiger charge is -2.10. The Morgan fingerprint density at radius 2 is 2.00 bits per heavy atom. The maximum atomic E-state index is 11.4. The number of nitrogens with two attached hydrogens (primary N) is 1. The van der Waals surface area contributed by atoms with E-state index >= 15 is 0 Å². The quantitative estimate of drug-likeness (QED) is 0.655. The predicted molar refractivity (Wildman–Crippen MR) is 83.9 cm³/mol. The summed E-state index contributed by atoms with van der Waals surface area (Å²) in [4.78, 5) is 12.6. The van der Waals surface area contributed by atoms with E-state index in [0.717, 1.165) is 5.75 Å². The minimum absolute atomic E-state index is 0.313. The van der Waals surface area contributed by atoms with E-state index in [2.05, 4.69) is 30.3 Å². The zero-order valence-corrected chi connectivity index (χ0v) is 12.4. The van der Waals surface area contributed by atoms with E-state index in [0.29, 0.717) is 13.0 Å². The van der Waals surface area contributed by atoms with Crippen LogP contribution in [0.1, 0.15) is 13.3 Å². The summed E-state index contributed by atoms with van der Waals surface area (Å²) in [6.07, 6.45) is 0.621. The second-order valence-electron chi connectivity index (χ2n) is 4.50. The van der Waals surface area contributed by atoms with Crippen molar-refractivity contribution in [3.8, 4) is 0 Å². The van der Waals surface area contributed by atoms with Crippen molar-refractivity contribution in [2.24, 2.45) is 5.73 Å². The van der Waals surface area contributed by atoms with Crippen LogP contribution in [0.5, 0.6) is 0 Å². The molecule has 0 aliphatic rings. The van der Waals surface area contributed by atoms with Gasteiger partial charge < -0.3 is 10.5 Å². The molecule has 0 heterocycles. The Kier molecular flexibility index (Phi) is 5.44. The molecule has 0 amide bonds. The Morgan fingerprint density at radius 3 is 2.75 bits per heavy atom. The molecule has 0 saturated heterocycles. The zero-order chi connectivity index (χ0) is 14.4. The van der Waals surface area contributed by atoms with Crippen molar-refractivity contribution in [2.75, 3.05) is 12.4 Å². The lowest BCUT2D eigenvalue weighted by Crippen LogP contribution is -2.32. The molecule has 2 N–H and O–H groups in total. The average molecular weight is 289 g/mol. The van der Waals surface area contributed by atoms with E-state index in [4.69, 9.17) is 10.5 Å². The van der Waals surface area contributed by atoms with Crippen molar-refractivity contribution in [2.45, 2.75) is 24.3 Å². The molecule has 0 fully saturated rings. The van der Waals surface area contributed by atoms with Gasteiger partial charge in [0.2, 0.25) is 0 Å². The first-order chi connectivity index (χ1) is 9.70. The highest BCUT2D eigenvalue weighted by atomic mass is 32.2. The molecule has 0 bridgehead atoms. The van der Waals surface area contributed by atoms with Gasteiger partial charge in [-0.05, 0) is 36.2 Å². The van der Waals surface area contributed by atoms with Crippen LogP contribution < -0.4 is 5.73 Å². The Hall–Kier alpha value is -1.52. The number of carbonyl (C=O) groups excluding carboxylic acids is 1. The minimum atomic E-state index is -0.525. The van der Waals surface area contributed by atoms with Crippen LogP contribution >= 0.6 is 11.8 Å². The van der Waals surface area contributed by atoms with E-state index in [1.54, 1.807) is 18.7 Å². The molecule has 4 heteroatoms. The van der Waals surface area contributed by atoms with Crippen LogP contribution in [0.3, 0.4) is 0 Å². The molecule has 2 aromatic rings. The largest absolute Gasteiger partial charge is 0.465 e. The van der Waals surface area contributed by atoms with Crippen molar-refractivity contribution in [3.05, 3.63) is 42.5 Å². The summed E-state index contributed by atoms with van der Waals surface area (Å²) >= 11 is 1.71. The summed E-state index contributed by atoms with van der Waals surface area (Å²) in [7, 11) is 0. The van der Waals surface area contributed by atoms with Gasteiger partial charge in [-0.1, -0.05) is 30.3 Å². The van der Waals surface area contributed by atoms with Gasteiger partial charge in [0.1, 0.15) is 6.04 Å².